The smallest absolute Gasteiger partial charge is 0.272 e. The standard InChI is InChI=1S/C7H10N6O4S2/c1-13-4-5(18(8,14)15)7(11-13)12-19(16,17)6-2-3-9-10-6/h2-4H,1H3,(H,9,10)(H,11,12)(H2,8,14,15). The van der Waals surface area contributed by atoms with Crippen LogP contribution in [0.3, 0.4) is 0 Å². The molecule has 0 atom stereocenters. The fourth-order valence-corrected chi connectivity index (χ4v) is 2.97. The van der Waals surface area contributed by atoms with E-state index in [0.29, 0.717) is 0 Å². The zero-order chi connectivity index (χ0) is 14.3. The molecule has 0 saturated heterocycles. The molecular weight excluding hydrogens is 296 g/mol. The van der Waals surface area contributed by atoms with Crippen molar-refractivity contribution in [2.75, 3.05) is 4.72 Å². The second-order valence-electron chi connectivity index (χ2n) is 3.59. The molecule has 2 aromatic rings. The maximum Gasteiger partial charge on any atom is 0.280 e. The predicted octanol–water partition coefficient (Wildman–Crippen LogP) is -1.41. The van der Waals surface area contributed by atoms with Gasteiger partial charge in [-0.05, 0) is 6.07 Å². The van der Waals surface area contributed by atoms with E-state index >= 15 is 0 Å². The lowest BCUT2D eigenvalue weighted by atomic mass is 10.7. The molecule has 0 spiro atoms. The molecule has 0 aromatic carbocycles. The van der Waals surface area contributed by atoms with Crippen molar-refractivity contribution in [1.29, 1.82) is 0 Å². The molecule has 19 heavy (non-hydrogen) atoms. The number of hydrogen-bond donors (Lipinski definition) is 3. The molecule has 2 aromatic heterocycles. The van der Waals surface area contributed by atoms with Gasteiger partial charge in [-0.1, -0.05) is 0 Å². The fraction of sp³-hybridized carbons (Fsp3) is 0.143. The van der Waals surface area contributed by atoms with Crippen molar-refractivity contribution in [2.45, 2.75) is 9.92 Å². The van der Waals surface area contributed by atoms with Crippen molar-refractivity contribution < 1.29 is 16.8 Å². The van der Waals surface area contributed by atoms with Crippen molar-refractivity contribution >= 4 is 25.9 Å². The van der Waals surface area contributed by atoms with Gasteiger partial charge in [0.05, 0.1) is 6.20 Å². The van der Waals surface area contributed by atoms with E-state index in [-0.39, 0.29) is 10.8 Å². The number of nitrogens with two attached hydrogens (primary N) is 1. The number of aromatic nitrogens is 4. The van der Waals surface area contributed by atoms with Crippen LogP contribution in [-0.4, -0.2) is 36.8 Å². The van der Waals surface area contributed by atoms with Gasteiger partial charge in [0.1, 0.15) is 4.90 Å². The summed E-state index contributed by atoms with van der Waals surface area (Å²) in [6.45, 7) is 0. The number of anilines is 1. The first-order chi connectivity index (χ1) is 8.70. The van der Waals surface area contributed by atoms with E-state index < -0.39 is 24.9 Å². The molecule has 104 valence electrons. The Morgan fingerprint density at radius 3 is 2.58 bits per heavy atom. The number of H-pyrrole nitrogens is 1. The van der Waals surface area contributed by atoms with Crippen LogP contribution in [0.15, 0.2) is 28.4 Å². The SMILES string of the molecule is Cn1cc(S(N)(=O)=O)c(NS(=O)(=O)c2ccn[nH]2)n1. The summed E-state index contributed by atoms with van der Waals surface area (Å²) in [5.41, 5.74) is 0. The van der Waals surface area contributed by atoms with Gasteiger partial charge in [0, 0.05) is 13.2 Å². The van der Waals surface area contributed by atoms with Crippen LogP contribution < -0.4 is 9.86 Å². The zero-order valence-electron chi connectivity index (χ0n) is 9.60. The number of aromatic amines is 1. The van der Waals surface area contributed by atoms with Gasteiger partial charge >= 0.3 is 0 Å². The molecule has 10 nitrogen and oxygen atoms in total. The first-order valence-electron chi connectivity index (χ1n) is 4.79. The second-order valence-corrected chi connectivity index (χ2v) is 6.77. The number of aryl methyl sites for hydroxylation is 1. The van der Waals surface area contributed by atoms with Gasteiger partial charge in [-0.3, -0.25) is 14.5 Å². The summed E-state index contributed by atoms with van der Waals surface area (Å²) in [4.78, 5) is -0.418. The highest BCUT2D eigenvalue weighted by Crippen LogP contribution is 2.20. The van der Waals surface area contributed by atoms with Crippen molar-refractivity contribution in [2.24, 2.45) is 12.2 Å². The van der Waals surface area contributed by atoms with E-state index in [1.807, 2.05) is 4.72 Å². The lowest BCUT2D eigenvalue weighted by Crippen LogP contribution is -2.18. The van der Waals surface area contributed by atoms with E-state index in [4.69, 9.17) is 5.14 Å². The Kier molecular flexibility index (Phi) is 3.07. The minimum absolute atomic E-state index is 0.224. The molecule has 0 radical (unpaired) electrons. The maximum atomic E-state index is 11.9. The molecule has 12 heteroatoms. The Morgan fingerprint density at radius 2 is 2.05 bits per heavy atom. The van der Waals surface area contributed by atoms with E-state index in [1.165, 1.54) is 19.3 Å². The van der Waals surface area contributed by atoms with E-state index in [1.54, 1.807) is 0 Å². The van der Waals surface area contributed by atoms with E-state index in [0.717, 1.165) is 10.9 Å². The van der Waals surface area contributed by atoms with Crippen LogP contribution in [0.4, 0.5) is 5.82 Å². The Labute approximate surface area is 108 Å². The normalized spacial score (nSPS) is 12.5. The summed E-state index contributed by atoms with van der Waals surface area (Å²) < 4.78 is 49.5. The van der Waals surface area contributed by atoms with Gasteiger partial charge < -0.3 is 0 Å². The number of primary sulfonamides is 1. The van der Waals surface area contributed by atoms with Crippen LogP contribution in [0.25, 0.3) is 0 Å². The van der Waals surface area contributed by atoms with Gasteiger partial charge in [0.2, 0.25) is 10.0 Å². The van der Waals surface area contributed by atoms with Crippen LogP contribution in [0.5, 0.6) is 0 Å². The van der Waals surface area contributed by atoms with E-state index in [9.17, 15) is 16.8 Å². The van der Waals surface area contributed by atoms with Crippen molar-refractivity contribution in [3.63, 3.8) is 0 Å². The number of hydrogen-bond acceptors (Lipinski definition) is 6. The molecule has 0 fully saturated rings. The average Bonchev–Trinajstić information content (AvgIpc) is 2.85. The lowest BCUT2D eigenvalue weighted by Gasteiger charge is -2.04. The molecule has 0 bridgehead atoms. The topological polar surface area (TPSA) is 153 Å². The van der Waals surface area contributed by atoms with Gasteiger partial charge in [-0.25, -0.2) is 13.6 Å². The molecular formula is C7H10N6O4S2. The largest absolute Gasteiger partial charge is 0.280 e. The third kappa shape index (κ3) is 2.74. The van der Waals surface area contributed by atoms with Gasteiger partial charge in [0.25, 0.3) is 10.0 Å². The molecule has 0 unspecified atom stereocenters. The second kappa shape index (κ2) is 4.32. The van der Waals surface area contributed by atoms with Crippen LogP contribution in [0.2, 0.25) is 0 Å². The Morgan fingerprint density at radius 1 is 1.37 bits per heavy atom. The third-order valence-corrected chi connectivity index (χ3v) is 4.28. The van der Waals surface area contributed by atoms with Crippen LogP contribution >= 0.6 is 0 Å². The summed E-state index contributed by atoms with van der Waals surface area (Å²) in [7, 11) is -6.66. The highest BCUT2D eigenvalue weighted by molar-refractivity contribution is 7.93. The number of nitrogens with zero attached hydrogens (tertiary/aromatic N) is 3. The number of rotatable bonds is 4. The molecule has 4 N–H and O–H groups in total. The summed E-state index contributed by atoms with van der Waals surface area (Å²) >= 11 is 0. The molecule has 2 rings (SSSR count). The summed E-state index contributed by atoms with van der Waals surface area (Å²) in [6, 6.07) is 1.21. The minimum atomic E-state index is -4.09. The molecule has 0 saturated carbocycles. The number of sulfonamides is 2. The maximum absolute atomic E-state index is 11.9. The summed E-state index contributed by atoms with van der Waals surface area (Å²) in [5.74, 6) is -0.375. The first kappa shape index (κ1) is 13.5. The monoisotopic (exact) mass is 306 g/mol. The van der Waals surface area contributed by atoms with Gasteiger partial charge in [0.15, 0.2) is 10.8 Å². The molecule has 2 heterocycles. The van der Waals surface area contributed by atoms with Crippen molar-refractivity contribution in [1.82, 2.24) is 20.0 Å². The highest BCUT2D eigenvalue weighted by Gasteiger charge is 2.24. The summed E-state index contributed by atoms with van der Waals surface area (Å²) in [6.07, 6.45) is 2.34. The van der Waals surface area contributed by atoms with Crippen molar-refractivity contribution in [3.05, 3.63) is 18.5 Å². The van der Waals surface area contributed by atoms with Gasteiger partial charge in [-0.2, -0.15) is 18.6 Å². The first-order valence-corrected chi connectivity index (χ1v) is 7.82. The molecule has 0 aliphatic heterocycles. The van der Waals surface area contributed by atoms with Gasteiger partial charge in [-0.15, -0.1) is 0 Å². The zero-order valence-corrected chi connectivity index (χ0v) is 11.2. The van der Waals surface area contributed by atoms with Crippen molar-refractivity contribution in [3.8, 4) is 0 Å². The van der Waals surface area contributed by atoms with Crippen LogP contribution in [0, 0.1) is 0 Å². The predicted molar refractivity (Wildman–Crippen MR) is 64.0 cm³/mol. The quantitative estimate of drug-likeness (QED) is 0.631. The Hall–Kier alpha value is -1.92. The Bertz CT molecular complexity index is 789. The molecule has 0 aliphatic rings. The van der Waals surface area contributed by atoms with Crippen LogP contribution in [-0.2, 0) is 27.1 Å². The van der Waals surface area contributed by atoms with E-state index in [2.05, 4.69) is 15.3 Å². The highest BCUT2D eigenvalue weighted by atomic mass is 32.2. The number of nitrogens with one attached hydrogen (secondary N) is 2. The fourth-order valence-electron chi connectivity index (χ4n) is 1.32. The average molecular weight is 306 g/mol. The Balaban J connectivity index is 2.46. The lowest BCUT2D eigenvalue weighted by molar-refractivity contribution is 0.596. The molecule has 0 amide bonds. The third-order valence-electron chi connectivity index (χ3n) is 2.10. The van der Waals surface area contributed by atoms with Crippen LogP contribution in [0.1, 0.15) is 0 Å². The molecule has 0 aliphatic carbocycles. The summed E-state index contributed by atoms with van der Waals surface area (Å²) in [5, 5.41) is 14.2. The minimum Gasteiger partial charge on any atom is -0.272 e.